The lowest BCUT2D eigenvalue weighted by molar-refractivity contribution is 0.0548. The summed E-state index contributed by atoms with van der Waals surface area (Å²) in [5.74, 6) is 0.710. The standard InChI is InChI=1S/C16H20N4O2/c21-15(13-9-12(18-19-13)14-3-1-8-22-14)20-7-2-4-16(11-20)5-6-17-10-16/h1,3,8-9,17H,2,4-7,10-11H2,(H,18,19). The van der Waals surface area contributed by atoms with Gasteiger partial charge in [0.1, 0.15) is 5.69 Å². The fourth-order valence-corrected chi connectivity index (χ4v) is 3.68. The van der Waals surface area contributed by atoms with Gasteiger partial charge in [0, 0.05) is 31.1 Å². The Morgan fingerprint density at radius 2 is 2.36 bits per heavy atom. The van der Waals surface area contributed by atoms with E-state index < -0.39 is 0 Å². The van der Waals surface area contributed by atoms with Crippen molar-refractivity contribution in [3.05, 3.63) is 30.2 Å². The molecule has 0 bridgehead atoms. The fraction of sp³-hybridized carbons (Fsp3) is 0.500. The minimum atomic E-state index is 0.0139. The summed E-state index contributed by atoms with van der Waals surface area (Å²) >= 11 is 0. The van der Waals surface area contributed by atoms with Crippen molar-refractivity contribution in [3.63, 3.8) is 0 Å². The monoisotopic (exact) mass is 300 g/mol. The van der Waals surface area contributed by atoms with Crippen LogP contribution in [-0.4, -0.2) is 47.2 Å². The lowest BCUT2D eigenvalue weighted by Crippen LogP contribution is -2.47. The molecule has 0 aromatic carbocycles. The largest absolute Gasteiger partial charge is 0.463 e. The molecule has 0 radical (unpaired) electrons. The summed E-state index contributed by atoms with van der Waals surface area (Å²) in [6, 6.07) is 5.44. The highest BCUT2D eigenvalue weighted by Crippen LogP contribution is 2.36. The van der Waals surface area contributed by atoms with Gasteiger partial charge in [-0.2, -0.15) is 5.10 Å². The Morgan fingerprint density at radius 3 is 3.14 bits per heavy atom. The van der Waals surface area contributed by atoms with E-state index in [4.69, 9.17) is 4.42 Å². The van der Waals surface area contributed by atoms with Gasteiger partial charge in [0.05, 0.1) is 6.26 Å². The van der Waals surface area contributed by atoms with Crippen LogP contribution in [0.15, 0.2) is 28.9 Å². The molecule has 4 rings (SSSR count). The van der Waals surface area contributed by atoms with Crippen LogP contribution in [0, 0.1) is 5.41 Å². The number of furan rings is 1. The lowest BCUT2D eigenvalue weighted by Gasteiger charge is -2.39. The molecule has 1 amide bonds. The van der Waals surface area contributed by atoms with Crippen LogP contribution in [0.2, 0.25) is 0 Å². The van der Waals surface area contributed by atoms with Crippen LogP contribution >= 0.6 is 0 Å². The summed E-state index contributed by atoms with van der Waals surface area (Å²) < 4.78 is 5.33. The number of likely N-dealkylation sites (tertiary alicyclic amines) is 1. The van der Waals surface area contributed by atoms with Crippen molar-refractivity contribution in [2.75, 3.05) is 26.2 Å². The molecule has 0 aliphatic carbocycles. The first kappa shape index (κ1) is 13.6. The van der Waals surface area contributed by atoms with E-state index in [2.05, 4.69) is 15.5 Å². The predicted molar refractivity (Wildman–Crippen MR) is 81.3 cm³/mol. The summed E-state index contributed by atoms with van der Waals surface area (Å²) in [6.45, 7) is 3.74. The van der Waals surface area contributed by atoms with E-state index in [1.807, 2.05) is 17.0 Å². The van der Waals surface area contributed by atoms with Gasteiger partial charge in [-0.3, -0.25) is 9.89 Å². The summed E-state index contributed by atoms with van der Waals surface area (Å²) in [6.07, 6.45) is 5.05. The minimum absolute atomic E-state index is 0.0139. The number of hydrogen-bond acceptors (Lipinski definition) is 4. The van der Waals surface area contributed by atoms with Gasteiger partial charge in [-0.15, -0.1) is 0 Å². The van der Waals surface area contributed by atoms with E-state index in [0.29, 0.717) is 11.5 Å². The zero-order valence-electron chi connectivity index (χ0n) is 12.5. The highest BCUT2D eigenvalue weighted by molar-refractivity contribution is 5.93. The maximum atomic E-state index is 12.7. The Balaban J connectivity index is 1.52. The van der Waals surface area contributed by atoms with Gasteiger partial charge in [0.2, 0.25) is 0 Å². The van der Waals surface area contributed by atoms with Gasteiger partial charge in [-0.1, -0.05) is 0 Å². The maximum absolute atomic E-state index is 12.7. The molecule has 1 unspecified atom stereocenters. The number of aromatic amines is 1. The molecule has 0 saturated carbocycles. The van der Waals surface area contributed by atoms with Gasteiger partial charge in [-0.05, 0) is 37.9 Å². The molecule has 2 fully saturated rings. The van der Waals surface area contributed by atoms with Crippen molar-refractivity contribution >= 4 is 5.91 Å². The van der Waals surface area contributed by atoms with Crippen molar-refractivity contribution in [2.45, 2.75) is 19.3 Å². The van der Waals surface area contributed by atoms with E-state index in [0.717, 1.165) is 44.7 Å². The van der Waals surface area contributed by atoms with Gasteiger partial charge >= 0.3 is 0 Å². The first-order valence-corrected chi connectivity index (χ1v) is 7.85. The quantitative estimate of drug-likeness (QED) is 0.888. The third kappa shape index (κ3) is 2.33. The number of carbonyl (C=O) groups is 1. The van der Waals surface area contributed by atoms with Crippen molar-refractivity contribution in [2.24, 2.45) is 5.41 Å². The number of H-pyrrole nitrogens is 1. The van der Waals surface area contributed by atoms with Gasteiger partial charge in [-0.25, -0.2) is 0 Å². The summed E-state index contributed by atoms with van der Waals surface area (Å²) in [7, 11) is 0. The molecule has 1 spiro atoms. The molecule has 6 nitrogen and oxygen atoms in total. The number of carbonyl (C=O) groups excluding carboxylic acids is 1. The molecule has 2 aromatic rings. The molecule has 6 heteroatoms. The van der Waals surface area contributed by atoms with Crippen LogP contribution in [0.25, 0.3) is 11.5 Å². The highest BCUT2D eigenvalue weighted by atomic mass is 16.3. The average molecular weight is 300 g/mol. The number of rotatable bonds is 2. The zero-order chi connectivity index (χ0) is 15.0. The Labute approximate surface area is 128 Å². The molecule has 2 aromatic heterocycles. The van der Waals surface area contributed by atoms with Crippen LogP contribution < -0.4 is 5.32 Å². The first-order chi connectivity index (χ1) is 10.8. The average Bonchev–Trinajstić information content (AvgIpc) is 3.28. The Kier molecular flexibility index (Phi) is 3.26. The van der Waals surface area contributed by atoms with Gasteiger partial charge in [0.15, 0.2) is 11.5 Å². The number of nitrogens with zero attached hydrogens (tertiary/aromatic N) is 2. The smallest absolute Gasteiger partial charge is 0.274 e. The molecule has 2 aliphatic heterocycles. The summed E-state index contributed by atoms with van der Waals surface area (Å²) in [5.41, 5.74) is 1.48. The van der Waals surface area contributed by atoms with E-state index in [-0.39, 0.29) is 11.3 Å². The molecule has 1 atom stereocenters. The van der Waals surface area contributed by atoms with Crippen LogP contribution in [-0.2, 0) is 0 Å². The second-order valence-corrected chi connectivity index (χ2v) is 6.40. The Morgan fingerprint density at radius 1 is 1.41 bits per heavy atom. The van der Waals surface area contributed by atoms with Crippen LogP contribution in [0.1, 0.15) is 29.8 Å². The first-order valence-electron chi connectivity index (χ1n) is 7.85. The van der Waals surface area contributed by atoms with E-state index in [9.17, 15) is 4.79 Å². The van der Waals surface area contributed by atoms with Gasteiger partial charge in [0.25, 0.3) is 5.91 Å². The number of aromatic nitrogens is 2. The molecule has 4 heterocycles. The van der Waals surface area contributed by atoms with E-state index in [1.54, 1.807) is 12.3 Å². The fourth-order valence-electron chi connectivity index (χ4n) is 3.68. The van der Waals surface area contributed by atoms with Crippen LogP contribution in [0.4, 0.5) is 0 Å². The van der Waals surface area contributed by atoms with E-state index in [1.165, 1.54) is 6.42 Å². The van der Waals surface area contributed by atoms with Gasteiger partial charge < -0.3 is 14.6 Å². The molecular weight excluding hydrogens is 280 g/mol. The second-order valence-electron chi connectivity index (χ2n) is 6.40. The van der Waals surface area contributed by atoms with E-state index >= 15 is 0 Å². The SMILES string of the molecule is O=C(c1cc(-c2ccco2)[nH]n1)N1CCCC2(CCNC2)C1. The third-order valence-corrected chi connectivity index (χ3v) is 4.86. The predicted octanol–water partition coefficient (Wildman–Crippen LogP) is 1.89. The third-order valence-electron chi connectivity index (χ3n) is 4.86. The normalized spacial score (nSPS) is 25.0. The number of piperidine rings is 1. The van der Waals surface area contributed by atoms with Crippen LogP contribution in [0.3, 0.4) is 0 Å². The lowest BCUT2D eigenvalue weighted by atomic mass is 9.79. The van der Waals surface area contributed by atoms with Crippen molar-refractivity contribution in [1.82, 2.24) is 20.4 Å². The Hall–Kier alpha value is -2.08. The molecule has 2 saturated heterocycles. The van der Waals surface area contributed by atoms with Crippen molar-refractivity contribution in [1.29, 1.82) is 0 Å². The van der Waals surface area contributed by atoms with Crippen molar-refractivity contribution < 1.29 is 9.21 Å². The molecular formula is C16H20N4O2. The molecule has 2 aliphatic rings. The summed E-state index contributed by atoms with van der Waals surface area (Å²) in [4.78, 5) is 14.7. The molecule has 2 N–H and O–H groups in total. The van der Waals surface area contributed by atoms with Crippen molar-refractivity contribution in [3.8, 4) is 11.5 Å². The zero-order valence-corrected chi connectivity index (χ0v) is 12.5. The maximum Gasteiger partial charge on any atom is 0.274 e. The minimum Gasteiger partial charge on any atom is -0.463 e. The molecule has 116 valence electrons. The van der Waals surface area contributed by atoms with Crippen LogP contribution in [0.5, 0.6) is 0 Å². The summed E-state index contributed by atoms with van der Waals surface area (Å²) in [5, 5.41) is 10.5. The second kappa shape index (κ2) is 5.28. The topological polar surface area (TPSA) is 74.2 Å². The Bertz CT molecular complexity index is 656. The number of hydrogen-bond donors (Lipinski definition) is 2. The number of amides is 1. The highest BCUT2D eigenvalue weighted by Gasteiger charge is 2.39. The number of nitrogens with one attached hydrogen (secondary N) is 2. The molecule has 22 heavy (non-hydrogen) atoms.